The molecule has 5 nitrogen and oxygen atoms in total. The van der Waals surface area contributed by atoms with Gasteiger partial charge in [0.05, 0.1) is 17.4 Å². The predicted molar refractivity (Wildman–Crippen MR) is 66.5 cm³/mol. The minimum atomic E-state index is -0.501. The van der Waals surface area contributed by atoms with Crippen molar-refractivity contribution in [3.8, 4) is 22.8 Å². The van der Waals surface area contributed by atoms with E-state index < -0.39 is 5.82 Å². The van der Waals surface area contributed by atoms with Crippen molar-refractivity contribution in [2.45, 2.75) is 6.92 Å². The van der Waals surface area contributed by atoms with Crippen molar-refractivity contribution in [2.24, 2.45) is 0 Å². The lowest BCUT2D eigenvalue weighted by Crippen LogP contribution is -1.93. The summed E-state index contributed by atoms with van der Waals surface area (Å²) in [6.07, 6.45) is 1.53. The first-order valence-corrected chi connectivity index (χ1v) is 5.59. The fourth-order valence-electron chi connectivity index (χ4n) is 1.82. The molecule has 0 saturated carbocycles. The van der Waals surface area contributed by atoms with E-state index >= 15 is 0 Å². The summed E-state index contributed by atoms with van der Waals surface area (Å²) in [5, 5.41) is 3.81. The van der Waals surface area contributed by atoms with Gasteiger partial charge in [0, 0.05) is 5.69 Å². The molecule has 19 heavy (non-hydrogen) atoms. The van der Waals surface area contributed by atoms with Gasteiger partial charge in [0.25, 0.3) is 5.89 Å². The molecule has 3 rings (SSSR count). The van der Waals surface area contributed by atoms with Gasteiger partial charge in [-0.2, -0.15) is 4.98 Å². The van der Waals surface area contributed by atoms with E-state index in [-0.39, 0.29) is 17.1 Å². The molecule has 0 aliphatic rings. The summed E-state index contributed by atoms with van der Waals surface area (Å²) in [4.78, 5) is 4.15. The molecule has 0 atom stereocenters. The fourth-order valence-corrected chi connectivity index (χ4v) is 1.82. The first-order valence-electron chi connectivity index (χ1n) is 5.59. The second-order valence-corrected chi connectivity index (χ2v) is 4.02. The van der Waals surface area contributed by atoms with Crippen molar-refractivity contribution in [2.75, 3.05) is 5.73 Å². The first-order chi connectivity index (χ1) is 9.16. The Morgan fingerprint density at radius 3 is 2.79 bits per heavy atom. The lowest BCUT2D eigenvalue weighted by Gasteiger charge is -2.00. The van der Waals surface area contributed by atoms with Gasteiger partial charge in [0.2, 0.25) is 5.82 Å². The zero-order valence-electron chi connectivity index (χ0n) is 10.1. The Morgan fingerprint density at radius 2 is 2.11 bits per heavy atom. The number of hydrogen-bond donors (Lipinski definition) is 1. The van der Waals surface area contributed by atoms with Crippen molar-refractivity contribution in [3.63, 3.8) is 0 Å². The van der Waals surface area contributed by atoms with Crippen LogP contribution >= 0.6 is 0 Å². The van der Waals surface area contributed by atoms with Crippen LogP contribution < -0.4 is 5.73 Å². The molecule has 0 aliphatic carbocycles. The molecule has 0 amide bonds. The highest BCUT2D eigenvalue weighted by atomic mass is 19.1. The van der Waals surface area contributed by atoms with E-state index in [4.69, 9.17) is 14.7 Å². The zero-order valence-corrected chi connectivity index (χ0v) is 10.1. The average molecular weight is 259 g/mol. The Kier molecular flexibility index (Phi) is 2.56. The Balaban J connectivity index is 2.10. The van der Waals surface area contributed by atoms with Crippen LogP contribution in [0, 0.1) is 12.7 Å². The molecule has 6 heteroatoms. The van der Waals surface area contributed by atoms with E-state index in [0.29, 0.717) is 17.1 Å². The van der Waals surface area contributed by atoms with Gasteiger partial charge in [0.1, 0.15) is 11.6 Å². The molecule has 0 aliphatic heterocycles. The third-order valence-electron chi connectivity index (χ3n) is 2.79. The number of furan rings is 1. The summed E-state index contributed by atoms with van der Waals surface area (Å²) in [6.45, 7) is 1.78. The third-order valence-corrected chi connectivity index (χ3v) is 2.79. The minimum absolute atomic E-state index is 0.0474. The van der Waals surface area contributed by atoms with Gasteiger partial charge in [-0.05, 0) is 25.1 Å². The maximum absolute atomic E-state index is 13.7. The molecule has 0 bridgehead atoms. The molecule has 3 aromatic rings. The number of nitrogens with two attached hydrogens (primary N) is 1. The van der Waals surface area contributed by atoms with Crippen LogP contribution in [0.4, 0.5) is 10.1 Å². The molecular formula is C13H10FN3O2. The second-order valence-electron chi connectivity index (χ2n) is 4.02. The van der Waals surface area contributed by atoms with Crippen molar-refractivity contribution >= 4 is 5.69 Å². The van der Waals surface area contributed by atoms with E-state index in [2.05, 4.69) is 10.1 Å². The third kappa shape index (κ3) is 1.87. The van der Waals surface area contributed by atoms with Gasteiger partial charge in [-0.1, -0.05) is 11.2 Å². The topological polar surface area (TPSA) is 78.1 Å². The molecule has 0 unspecified atom stereocenters. The summed E-state index contributed by atoms with van der Waals surface area (Å²) < 4.78 is 24.0. The summed E-state index contributed by atoms with van der Waals surface area (Å²) in [6, 6.07) is 6.10. The average Bonchev–Trinajstić information content (AvgIpc) is 2.98. The van der Waals surface area contributed by atoms with Crippen LogP contribution in [0.5, 0.6) is 0 Å². The van der Waals surface area contributed by atoms with Crippen molar-refractivity contribution in [1.82, 2.24) is 10.1 Å². The molecule has 0 spiro atoms. The smallest absolute Gasteiger partial charge is 0.263 e. The Morgan fingerprint density at radius 1 is 1.26 bits per heavy atom. The Bertz CT molecular complexity index is 713. The van der Waals surface area contributed by atoms with Crippen molar-refractivity contribution < 1.29 is 13.3 Å². The van der Waals surface area contributed by atoms with Gasteiger partial charge in [-0.15, -0.1) is 0 Å². The van der Waals surface area contributed by atoms with E-state index in [1.54, 1.807) is 19.1 Å². The van der Waals surface area contributed by atoms with Crippen LogP contribution in [-0.2, 0) is 0 Å². The molecule has 2 heterocycles. The van der Waals surface area contributed by atoms with Crippen LogP contribution in [0.2, 0.25) is 0 Å². The summed E-state index contributed by atoms with van der Waals surface area (Å²) in [7, 11) is 0. The Hall–Kier alpha value is -2.63. The fraction of sp³-hybridized carbons (Fsp3) is 0.0769. The van der Waals surface area contributed by atoms with Gasteiger partial charge in [-0.25, -0.2) is 4.39 Å². The van der Waals surface area contributed by atoms with Crippen LogP contribution in [0.25, 0.3) is 22.8 Å². The number of rotatable bonds is 2. The predicted octanol–water partition coefficient (Wildman–Crippen LogP) is 3.03. The number of nitrogens with zero attached hydrogens (tertiary/aromatic N) is 2. The quantitative estimate of drug-likeness (QED) is 0.715. The van der Waals surface area contributed by atoms with Gasteiger partial charge < -0.3 is 14.7 Å². The molecule has 2 aromatic heterocycles. The van der Waals surface area contributed by atoms with Gasteiger partial charge >= 0.3 is 0 Å². The monoisotopic (exact) mass is 259 g/mol. The highest BCUT2D eigenvalue weighted by Crippen LogP contribution is 2.30. The largest absolute Gasteiger partial charge is 0.469 e. The van der Waals surface area contributed by atoms with Gasteiger partial charge in [-0.3, -0.25) is 0 Å². The summed E-state index contributed by atoms with van der Waals surface area (Å²) >= 11 is 0. The molecule has 1 aromatic carbocycles. The summed E-state index contributed by atoms with van der Waals surface area (Å²) in [5.74, 6) is 0.545. The maximum atomic E-state index is 13.7. The number of hydrogen-bond acceptors (Lipinski definition) is 5. The lowest BCUT2D eigenvalue weighted by atomic mass is 10.1. The van der Waals surface area contributed by atoms with Crippen LogP contribution in [0.3, 0.4) is 0 Å². The normalized spacial score (nSPS) is 10.8. The number of halogens is 1. The number of benzene rings is 1. The molecule has 2 N–H and O–H groups in total. The number of aryl methyl sites for hydroxylation is 1. The second kappa shape index (κ2) is 4.24. The molecule has 0 radical (unpaired) electrons. The molecule has 0 saturated heterocycles. The van der Waals surface area contributed by atoms with Crippen LogP contribution in [-0.4, -0.2) is 10.1 Å². The summed E-state index contributed by atoms with van der Waals surface area (Å²) in [5.41, 5.74) is 6.79. The Labute approximate surface area is 107 Å². The lowest BCUT2D eigenvalue weighted by molar-refractivity contribution is 0.429. The first kappa shape index (κ1) is 11.5. The van der Waals surface area contributed by atoms with E-state index in [9.17, 15) is 4.39 Å². The minimum Gasteiger partial charge on any atom is -0.469 e. The molecular weight excluding hydrogens is 249 g/mol. The molecule has 0 fully saturated rings. The van der Waals surface area contributed by atoms with E-state index in [1.807, 2.05) is 0 Å². The maximum Gasteiger partial charge on any atom is 0.263 e. The van der Waals surface area contributed by atoms with E-state index in [0.717, 1.165) is 0 Å². The van der Waals surface area contributed by atoms with Crippen molar-refractivity contribution in [3.05, 3.63) is 42.1 Å². The number of nitrogen functional groups attached to an aromatic ring is 1. The number of aromatic nitrogens is 2. The number of anilines is 1. The molecule has 96 valence electrons. The highest BCUT2D eigenvalue weighted by molar-refractivity contribution is 5.72. The van der Waals surface area contributed by atoms with Gasteiger partial charge in [0.15, 0.2) is 0 Å². The highest BCUT2D eigenvalue weighted by Gasteiger charge is 2.18. The zero-order chi connectivity index (χ0) is 13.4. The van der Waals surface area contributed by atoms with E-state index in [1.165, 1.54) is 18.4 Å². The van der Waals surface area contributed by atoms with Crippen LogP contribution in [0.1, 0.15) is 5.76 Å². The van der Waals surface area contributed by atoms with Crippen LogP contribution in [0.15, 0.2) is 39.5 Å². The SMILES string of the molecule is Cc1occc1-c1noc(-c2c(N)cccc2F)n1. The standard InChI is InChI=1S/C13H10FN3O2/c1-7-8(5-6-18-7)12-16-13(19-17-12)11-9(14)3-2-4-10(11)15/h2-6H,15H2,1H3. The van der Waals surface area contributed by atoms with Crippen molar-refractivity contribution in [1.29, 1.82) is 0 Å².